The number of carbonyl (C=O) groups is 2. The van der Waals surface area contributed by atoms with Crippen molar-refractivity contribution in [2.45, 2.75) is 24.5 Å². The van der Waals surface area contributed by atoms with E-state index in [9.17, 15) is 22.4 Å². The zero-order valence-electron chi connectivity index (χ0n) is 18.1. The highest BCUT2D eigenvalue weighted by Gasteiger charge is 2.23. The van der Waals surface area contributed by atoms with E-state index in [1.54, 1.807) is 30.3 Å². The van der Waals surface area contributed by atoms with Crippen LogP contribution in [0.5, 0.6) is 0 Å². The summed E-state index contributed by atoms with van der Waals surface area (Å²) in [5.74, 6) is -1.66. The van der Waals surface area contributed by atoms with E-state index in [2.05, 4.69) is 5.32 Å². The molecule has 0 aromatic heterocycles. The fraction of sp³-hybridized carbons (Fsp3) is 0.167. The quantitative estimate of drug-likeness (QED) is 0.509. The molecular formula is C24H23FN2O5S. The van der Waals surface area contributed by atoms with Crippen LogP contribution in [0.3, 0.4) is 0 Å². The van der Waals surface area contributed by atoms with E-state index in [0.717, 1.165) is 4.31 Å². The Morgan fingerprint density at radius 3 is 2.18 bits per heavy atom. The van der Waals surface area contributed by atoms with Crippen LogP contribution >= 0.6 is 0 Å². The standard InChI is InChI=1S/C24H23FN2O5S/c1-17(23(28)26-16-18-8-12-20(25)13-9-18)32-24(29)19-10-14-22(15-11-19)33(30,31)27(2)21-6-4-3-5-7-21/h3-15,17H,16H2,1-2H3,(H,26,28). The zero-order chi connectivity index (χ0) is 24.0. The van der Waals surface area contributed by atoms with Gasteiger partial charge in [0, 0.05) is 13.6 Å². The zero-order valence-corrected chi connectivity index (χ0v) is 18.9. The molecule has 0 heterocycles. The number of anilines is 1. The lowest BCUT2D eigenvalue weighted by molar-refractivity contribution is -0.129. The minimum Gasteiger partial charge on any atom is -0.449 e. The monoisotopic (exact) mass is 470 g/mol. The Balaban J connectivity index is 1.60. The van der Waals surface area contributed by atoms with Crippen molar-refractivity contribution in [2.75, 3.05) is 11.4 Å². The first-order chi connectivity index (χ1) is 15.7. The van der Waals surface area contributed by atoms with Crippen LogP contribution in [0.1, 0.15) is 22.8 Å². The third-order valence-electron chi connectivity index (χ3n) is 4.90. The normalized spacial score (nSPS) is 12.0. The predicted octanol–water partition coefficient (Wildman–Crippen LogP) is 3.51. The molecule has 0 bridgehead atoms. The summed E-state index contributed by atoms with van der Waals surface area (Å²) in [4.78, 5) is 24.6. The van der Waals surface area contributed by atoms with E-state index < -0.39 is 28.0 Å². The molecule has 1 amide bonds. The fourth-order valence-electron chi connectivity index (χ4n) is 2.92. The number of rotatable bonds is 8. The lowest BCUT2D eigenvalue weighted by Crippen LogP contribution is -2.35. The first kappa shape index (κ1) is 23.9. The second-order valence-electron chi connectivity index (χ2n) is 7.22. The molecule has 0 aliphatic heterocycles. The number of hydrogen-bond donors (Lipinski definition) is 1. The predicted molar refractivity (Wildman–Crippen MR) is 122 cm³/mol. The van der Waals surface area contributed by atoms with Gasteiger partial charge in [-0.1, -0.05) is 30.3 Å². The highest BCUT2D eigenvalue weighted by molar-refractivity contribution is 7.92. The summed E-state index contributed by atoms with van der Waals surface area (Å²) in [6.07, 6.45) is -1.08. The molecule has 33 heavy (non-hydrogen) atoms. The number of nitrogens with one attached hydrogen (secondary N) is 1. The molecule has 3 rings (SSSR count). The summed E-state index contributed by atoms with van der Waals surface area (Å²) in [5.41, 5.74) is 1.30. The highest BCUT2D eigenvalue weighted by Crippen LogP contribution is 2.22. The molecule has 0 saturated carbocycles. The number of carbonyl (C=O) groups excluding carboxylic acids is 2. The lowest BCUT2D eigenvalue weighted by atomic mass is 10.2. The van der Waals surface area contributed by atoms with E-state index in [1.807, 2.05) is 0 Å². The van der Waals surface area contributed by atoms with Gasteiger partial charge in [0.2, 0.25) is 0 Å². The first-order valence-corrected chi connectivity index (χ1v) is 11.5. The second kappa shape index (κ2) is 10.3. The van der Waals surface area contributed by atoms with Crippen molar-refractivity contribution in [3.8, 4) is 0 Å². The van der Waals surface area contributed by atoms with Crippen molar-refractivity contribution in [1.82, 2.24) is 5.32 Å². The number of esters is 1. The molecule has 0 spiro atoms. The number of nitrogens with zero attached hydrogens (tertiary/aromatic N) is 1. The fourth-order valence-corrected chi connectivity index (χ4v) is 4.11. The first-order valence-electron chi connectivity index (χ1n) is 10.1. The molecule has 172 valence electrons. The molecule has 7 nitrogen and oxygen atoms in total. The SMILES string of the molecule is CC(OC(=O)c1ccc(S(=O)(=O)N(C)c2ccccc2)cc1)C(=O)NCc1ccc(F)cc1. The van der Waals surface area contributed by atoms with Gasteiger partial charge in [-0.05, 0) is 61.0 Å². The molecule has 9 heteroatoms. The highest BCUT2D eigenvalue weighted by atomic mass is 32.2. The minimum atomic E-state index is -3.81. The lowest BCUT2D eigenvalue weighted by Gasteiger charge is -2.19. The van der Waals surface area contributed by atoms with Gasteiger partial charge in [0.05, 0.1) is 16.1 Å². The molecule has 1 N–H and O–H groups in total. The van der Waals surface area contributed by atoms with E-state index in [-0.39, 0.29) is 22.8 Å². The van der Waals surface area contributed by atoms with E-state index in [4.69, 9.17) is 4.74 Å². The van der Waals surface area contributed by atoms with Crippen molar-refractivity contribution in [1.29, 1.82) is 0 Å². The maximum absolute atomic E-state index is 12.9. The summed E-state index contributed by atoms with van der Waals surface area (Å²) < 4.78 is 44.9. The van der Waals surface area contributed by atoms with Gasteiger partial charge in [-0.25, -0.2) is 17.6 Å². The molecule has 1 unspecified atom stereocenters. The Kier molecular flexibility index (Phi) is 7.44. The van der Waals surface area contributed by atoms with E-state index in [1.165, 1.54) is 62.5 Å². The van der Waals surface area contributed by atoms with Crippen LogP contribution in [0.25, 0.3) is 0 Å². The number of sulfonamides is 1. The van der Waals surface area contributed by atoms with Crippen molar-refractivity contribution < 1.29 is 27.1 Å². The summed E-state index contributed by atoms with van der Waals surface area (Å²) in [5, 5.41) is 2.61. The van der Waals surface area contributed by atoms with Gasteiger partial charge in [0.1, 0.15) is 5.82 Å². The summed E-state index contributed by atoms with van der Waals surface area (Å²) in [6, 6.07) is 19.5. The number of benzene rings is 3. The summed E-state index contributed by atoms with van der Waals surface area (Å²) >= 11 is 0. The summed E-state index contributed by atoms with van der Waals surface area (Å²) in [6.45, 7) is 1.58. The number of halogens is 1. The Bertz CT molecular complexity index is 1210. The molecule has 0 saturated heterocycles. The van der Waals surface area contributed by atoms with Crippen LogP contribution in [0, 0.1) is 5.82 Å². The van der Waals surface area contributed by atoms with Crippen molar-refractivity contribution >= 4 is 27.6 Å². The molecule has 3 aromatic rings. The number of amides is 1. The van der Waals surface area contributed by atoms with Gasteiger partial charge in [-0.2, -0.15) is 0 Å². The Morgan fingerprint density at radius 2 is 1.58 bits per heavy atom. The minimum absolute atomic E-state index is 0.00972. The summed E-state index contributed by atoms with van der Waals surface area (Å²) in [7, 11) is -2.37. The Hall–Kier alpha value is -3.72. The van der Waals surface area contributed by atoms with Gasteiger partial charge >= 0.3 is 5.97 Å². The molecular weight excluding hydrogens is 447 g/mol. The van der Waals surface area contributed by atoms with Crippen molar-refractivity contribution in [2.24, 2.45) is 0 Å². The topological polar surface area (TPSA) is 92.8 Å². The average Bonchev–Trinajstić information content (AvgIpc) is 2.83. The Labute approximate surface area is 191 Å². The van der Waals surface area contributed by atoms with Crippen LogP contribution in [-0.2, 0) is 26.1 Å². The van der Waals surface area contributed by atoms with Gasteiger partial charge in [0.15, 0.2) is 6.10 Å². The van der Waals surface area contributed by atoms with Gasteiger partial charge in [-0.3, -0.25) is 9.10 Å². The average molecular weight is 471 g/mol. The van der Waals surface area contributed by atoms with E-state index in [0.29, 0.717) is 11.3 Å². The smallest absolute Gasteiger partial charge is 0.338 e. The van der Waals surface area contributed by atoms with Gasteiger partial charge in [-0.15, -0.1) is 0 Å². The molecule has 0 radical (unpaired) electrons. The number of hydrogen-bond acceptors (Lipinski definition) is 5. The Morgan fingerprint density at radius 1 is 0.970 bits per heavy atom. The van der Waals surface area contributed by atoms with Crippen molar-refractivity contribution in [3.05, 3.63) is 95.8 Å². The second-order valence-corrected chi connectivity index (χ2v) is 9.19. The van der Waals surface area contributed by atoms with Crippen molar-refractivity contribution in [3.63, 3.8) is 0 Å². The van der Waals surface area contributed by atoms with Gasteiger partial charge in [0.25, 0.3) is 15.9 Å². The molecule has 1 atom stereocenters. The van der Waals surface area contributed by atoms with Crippen LogP contribution in [-0.4, -0.2) is 33.4 Å². The third kappa shape index (κ3) is 5.95. The third-order valence-corrected chi connectivity index (χ3v) is 6.70. The maximum atomic E-state index is 12.9. The van der Waals surface area contributed by atoms with Crippen LogP contribution in [0.4, 0.5) is 10.1 Å². The van der Waals surface area contributed by atoms with Crippen LogP contribution in [0.2, 0.25) is 0 Å². The molecule has 0 aliphatic rings. The van der Waals surface area contributed by atoms with Gasteiger partial charge < -0.3 is 10.1 Å². The molecule has 0 fully saturated rings. The number of para-hydroxylation sites is 1. The van der Waals surface area contributed by atoms with Crippen LogP contribution in [0.15, 0.2) is 83.8 Å². The molecule has 0 aliphatic carbocycles. The molecule has 3 aromatic carbocycles. The maximum Gasteiger partial charge on any atom is 0.338 e. The van der Waals surface area contributed by atoms with E-state index >= 15 is 0 Å². The number of ether oxygens (including phenoxy) is 1. The van der Waals surface area contributed by atoms with Crippen LogP contribution < -0.4 is 9.62 Å². The largest absolute Gasteiger partial charge is 0.449 e.